The van der Waals surface area contributed by atoms with Gasteiger partial charge in [0.15, 0.2) is 5.65 Å². The Morgan fingerprint density at radius 1 is 1.39 bits per heavy atom. The summed E-state index contributed by atoms with van der Waals surface area (Å²) in [5.74, 6) is 0.628. The van der Waals surface area contributed by atoms with Crippen molar-refractivity contribution in [3.63, 3.8) is 0 Å². The van der Waals surface area contributed by atoms with Crippen LogP contribution >= 0.6 is 0 Å². The Hall–Kier alpha value is -2.11. The van der Waals surface area contributed by atoms with E-state index in [0.29, 0.717) is 23.5 Å². The summed E-state index contributed by atoms with van der Waals surface area (Å²) in [4.78, 5) is 31.5. The maximum Gasteiger partial charge on any atom is 0.333 e. The van der Waals surface area contributed by atoms with Crippen molar-refractivity contribution in [3.05, 3.63) is 39.3 Å². The van der Waals surface area contributed by atoms with Gasteiger partial charge in [0.1, 0.15) is 11.3 Å². The van der Waals surface area contributed by atoms with Crippen LogP contribution in [0.25, 0.3) is 11.2 Å². The topological polar surface area (TPSA) is 72.7 Å². The van der Waals surface area contributed by atoms with Crippen LogP contribution in [-0.2, 0) is 13.1 Å². The second-order valence-corrected chi connectivity index (χ2v) is 4.16. The van der Waals surface area contributed by atoms with E-state index in [2.05, 4.69) is 16.5 Å². The minimum Gasteiger partial charge on any atom is -0.336 e. The maximum absolute atomic E-state index is 12.2. The van der Waals surface area contributed by atoms with Crippen LogP contribution in [0.15, 0.2) is 22.2 Å². The second-order valence-electron chi connectivity index (χ2n) is 4.16. The average molecular weight is 248 g/mol. The Morgan fingerprint density at radius 2 is 2.11 bits per heavy atom. The van der Waals surface area contributed by atoms with E-state index in [0.717, 1.165) is 6.42 Å². The number of nitrogens with zero attached hydrogens (tertiary/aromatic N) is 3. The lowest BCUT2D eigenvalue weighted by molar-refractivity contribution is 0.594. The smallest absolute Gasteiger partial charge is 0.333 e. The number of fused-ring (bicyclic) bond motifs is 1. The Kier molecular flexibility index (Phi) is 3.18. The number of rotatable bonds is 4. The number of imidazole rings is 1. The predicted octanol–water partition coefficient (Wildman–Crippen LogP) is 0.791. The highest BCUT2D eigenvalue weighted by atomic mass is 16.2. The number of aromatic nitrogens is 4. The molecule has 0 fully saturated rings. The van der Waals surface area contributed by atoms with Crippen molar-refractivity contribution in [1.82, 2.24) is 19.1 Å². The molecule has 0 bridgehead atoms. The summed E-state index contributed by atoms with van der Waals surface area (Å²) in [7, 11) is 0. The number of allylic oxidation sites excluding steroid dienone is 1. The summed E-state index contributed by atoms with van der Waals surface area (Å²) < 4.78 is 2.70. The van der Waals surface area contributed by atoms with Crippen LogP contribution in [0.5, 0.6) is 0 Å². The summed E-state index contributed by atoms with van der Waals surface area (Å²) in [6, 6.07) is 0. The standard InChI is InChI=1S/C12H16N4O2/c1-4-6-15-10-9(13-8(3)14-10)11(17)16(7-5-2)12(15)18/h5H,2,4,6-7H2,1,3H3,(H,13,14). The van der Waals surface area contributed by atoms with Gasteiger partial charge >= 0.3 is 5.69 Å². The van der Waals surface area contributed by atoms with E-state index in [9.17, 15) is 9.59 Å². The van der Waals surface area contributed by atoms with Crippen molar-refractivity contribution < 1.29 is 0 Å². The molecule has 0 amide bonds. The Morgan fingerprint density at radius 3 is 2.72 bits per heavy atom. The molecule has 2 heterocycles. The molecule has 0 aliphatic carbocycles. The first-order valence-electron chi connectivity index (χ1n) is 5.91. The third-order valence-corrected chi connectivity index (χ3v) is 2.74. The van der Waals surface area contributed by atoms with Gasteiger partial charge in [-0.15, -0.1) is 6.58 Å². The normalized spacial score (nSPS) is 11.0. The number of aryl methyl sites for hydroxylation is 2. The molecule has 2 aromatic rings. The lowest BCUT2D eigenvalue weighted by Gasteiger charge is -2.08. The first-order chi connectivity index (χ1) is 8.60. The van der Waals surface area contributed by atoms with Crippen LogP contribution in [-0.4, -0.2) is 19.1 Å². The first kappa shape index (κ1) is 12.3. The van der Waals surface area contributed by atoms with Crippen molar-refractivity contribution in [2.24, 2.45) is 0 Å². The average Bonchev–Trinajstić information content (AvgIpc) is 2.72. The van der Waals surface area contributed by atoms with Crippen molar-refractivity contribution in [2.45, 2.75) is 33.4 Å². The Bertz CT molecular complexity index is 705. The van der Waals surface area contributed by atoms with Gasteiger partial charge in [-0.05, 0) is 13.3 Å². The van der Waals surface area contributed by atoms with Crippen LogP contribution in [0.1, 0.15) is 19.2 Å². The van der Waals surface area contributed by atoms with Crippen molar-refractivity contribution >= 4 is 11.2 Å². The summed E-state index contributed by atoms with van der Waals surface area (Å²) >= 11 is 0. The van der Waals surface area contributed by atoms with Gasteiger partial charge in [0.05, 0.1) is 0 Å². The third-order valence-electron chi connectivity index (χ3n) is 2.74. The maximum atomic E-state index is 12.2. The van der Waals surface area contributed by atoms with Crippen molar-refractivity contribution in [1.29, 1.82) is 0 Å². The summed E-state index contributed by atoms with van der Waals surface area (Å²) in [6.07, 6.45) is 2.33. The number of aromatic amines is 1. The minimum absolute atomic E-state index is 0.204. The van der Waals surface area contributed by atoms with Gasteiger partial charge in [0, 0.05) is 13.1 Å². The first-order valence-corrected chi connectivity index (χ1v) is 5.91. The number of hydrogen-bond acceptors (Lipinski definition) is 3. The van der Waals surface area contributed by atoms with Crippen LogP contribution < -0.4 is 11.2 Å². The molecular formula is C12H16N4O2. The molecule has 0 aromatic carbocycles. The monoisotopic (exact) mass is 248 g/mol. The molecule has 0 aliphatic rings. The highest BCUT2D eigenvalue weighted by Gasteiger charge is 2.14. The van der Waals surface area contributed by atoms with Crippen molar-refractivity contribution in [3.8, 4) is 0 Å². The van der Waals surface area contributed by atoms with Crippen molar-refractivity contribution in [2.75, 3.05) is 0 Å². The van der Waals surface area contributed by atoms with Gasteiger partial charge in [-0.1, -0.05) is 13.0 Å². The molecule has 0 atom stereocenters. The third kappa shape index (κ3) is 1.79. The highest BCUT2D eigenvalue weighted by molar-refractivity contribution is 5.69. The van der Waals surface area contributed by atoms with Gasteiger partial charge in [-0.25, -0.2) is 9.78 Å². The van der Waals surface area contributed by atoms with Crippen LogP contribution in [0.3, 0.4) is 0 Å². The molecule has 6 heteroatoms. The number of H-pyrrole nitrogens is 1. The molecule has 0 saturated heterocycles. The van der Waals surface area contributed by atoms with E-state index in [4.69, 9.17) is 0 Å². The van der Waals surface area contributed by atoms with E-state index in [1.165, 1.54) is 15.2 Å². The SMILES string of the molecule is C=CCn1c(=O)c2[nH]c(C)nc2n(CCC)c1=O. The zero-order valence-corrected chi connectivity index (χ0v) is 10.6. The Balaban J connectivity index is 2.90. The number of hydrogen-bond donors (Lipinski definition) is 1. The van der Waals surface area contributed by atoms with Gasteiger partial charge in [-0.3, -0.25) is 13.9 Å². The lowest BCUT2D eigenvalue weighted by Crippen LogP contribution is -2.39. The second kappa shape index (κ2) is 4.64. The van der Waals surface area contributed by atoms with Gasteiger partial charge in [-0.2, -0.15) is 0 Å². The molecule has 0 saturated carbocycles. The predicted molar refractivity (Wildman–Crippen MR) is 69.8 cm³/mol. The van der Waals surface area contributed by atoms with E-state index in [-0.39, 0.29) is 17.8 Å². The van der Waals surface area contributed by atoms with E-state index in [1.54, 1.807) is 6.92 Å². The van der Waals surface area contributed by atoms with Crippen LogP contribution in [0.2, 0.25) is 0 Å². The molecule has 2 rings (SSSR count). The minimum atomic E-state index is -0.345. The molecule has 18 heavy (non-hydrogen) atoms. The fourth-order valence-corrected chi connectivity index (χ4v) is 2.00. The molecule has 6 nitrogen and oxygen atoms in total. The molecule has 0 radical (unpaired) electrons. The quantitative estimate of drug-likeness (QED) is 0.813. The van der Waals surface area contributed by atoms with Gasteiger partial charge in [0.2, 0.25) is 0 Å². The van der Waals surface area contributed by atoms with Gasteiger partial charge in [0.25, 0.3) is 5.56 Å². The highest BCUT2D eigenvalue weighted by Crippen LogP contribution is 2.05. The van der Waals surface area contributed by atoms with E-state index >= 15 is 0 Å². The summed E-state index contributed by atoms with van der Waals surface area (Å²) in [5, 5.41) is 0. The summed E-state index contributed by atoms with van der Waals surface area (Å²) in [5.41, 5.74) is 0.135. The summed E-state index contributed by atoms with van der Waals surface area (Å²) in [6.45, 7) is 8.04. The zero-order valence-electron chi connectivity index (χ0n) is 10.6. The fourth-order valence-electron chi connectivity index (χ4n) is 2.00. The molecule has 0 aliphatic heterocycles. The number of nitrogens with one attached hydrogen (secondary N) is 1. The van der Waals surface area contributed by atoms with E-state index in [1.807, 2.05) is 6.92 Å². The molecule has 2 aromatic heterocycles. The van der Waals surface area contributed by atoms with Crippen LogP contribution in [0.4, 0.5) is 0 Å². The molecule has 0 unspecified atom stereocenters. The largest absolute Gasteiger partial charge is 0.336 e. The molecule has 1 N–H and O–H groups in total. The molecule has 96 valence electrons. The van der Waals surface area contributed by atoms with E-state index < -0.39 is 0 Å². The van der Waals surface area contributed by atoms with Gasteiger partial charge < -0.3 is 4.98 Å². The molecule has 0 spiro atoms. The van der Waals surface area contributed by atoms with Crippen LogP contribution in [0, 0.1) is 6.92 Å². The Labute approximate surface area is 104 Å². The lowest BCUT2D eigenvalue weighted by atomic mass is 10.4. The zero-order chi connectivity index (χ0) is 13.3. The fraction of sp³-hybridized carbons (Fsp3) is 0.417. The molecular weight excluding hydrogens is 232 g/mol.